The smallest absolute Gasteiger partial charge is 0.321 e. The van der Waals surface area contributed by atoms with Crippen LogP contribution in [0.15, 0.2) is 48.5 Å². The minimum absolute atomic E-state index is 0.0873. The highest BCUT2D eigenvalue weighted by Crippen LogP contribution is 2.29. The summed E-state index contributed by atoms with van der Waals surface area (Å²) < 4.78 is 10.5. The number of benzene rings is 2. The van der Waals surface area contributed by atoms with Crippen molar-refractivity contribution in [2.75, 3.05) is 32.6 Å². The molecule has 162 valence electrons. The first-order valence-corrected chi connectivity index (χ1v) is 10.1. The van der Waals surface area contributed by atoms with Crippen molar-refractivity contribution in [3.8, 4) is 11.5 Å². The molecule has 30 heavy (non-hydrogen) atoms. The highest BCUT2D eigenvalue weighted by atomic mass is 16.5. The van der Waals surface area contributed by atoms with E-state index in [1.807, 2.05) is 44.2 Å². The zero-order valence-corrected chi connectivity index (χ0v) is 18.1. The molecule has 0 heterocycles. The summed E-state index contributed by atoms with van der Waals surface area (Å²) in [5, 5.41) is 5.84. The Morgan fingerprint density at radius 1 is 1.03 bits per heavy atom. The van der Waals surface area contributed by atoms with Crippen molar-refractivity contribution >= 4 is 17.6 Å². The van der Waals surface area contributed by atoms with Gasteiger partial charge in [-0.05, 0) is 31.0 Å². The largest absolute Gasteiger partial charge is 0.497 e. The molecule has 0 saturated heterocycles. The molecule has 2 N–H and O–H groups in total. The number of nitrogens with one attached hydrogen (secondary N) is 2. The Bertz CT molecular complexity index is 826. The normalized spacial score (nSPS) is 11.3. The molecule has 0 fully saturated rings. The molecule has 1 unspecified atom stereocenters. The van der Waals surface area contributed by atoms with Gasteiger partial charge in [-0.1, -0.05) is 37.3 Å². The van der Waals surface area contributed by atoms with Crippen molar-refractivity contribution < 1.29 is 19.1 Å². The maximum Gasteiger partial charge on any atom is 0.321 e. The average molecular weight is 414 g/mol. The second-order valence-electron chi connectivity index (χ2n) is 6.93. The van der Waals surface area contributed by atoms with Gasteiger partial charge in [-0.3, -0.25) is 4.79 Å². The van der Waals surface area contributed by atoms with Gasteiger partial charge in [0.25, 0.3) is 0 Å². The Morgan fingerprint density at radius 3 is 2.40 bits per heavy atom. The van der Waals surface area contributed by atoms with Crippen molar-refractivity contribution in [3.05, 3.63) is 54.1 Å². The summed E-state index contributed by atoms with van der Waals surface area (Å²) in [6.45, 7) is 4.81. The number of urea groups is 1. The number of methoxy groups -OCH3 is 2. The van der Waals surface area contributed by atoms with E-state index >= 15 is 0 Å². The van der Waals surface area contributed by atoms with Crippen LogP contribution in [0.3, 0.4) is 0 Å². The van der Waals surface area contributed by atoms with E-state index in [1.165, 1.54) is 7.11 Å². The quantitative estimate of drug-likeness (QED) is 0.611. The number of hydrogen-bond donors (Lipinski definition) is 2. The molecule has 2 aromatic carbocycles. The summed E-state index contributed by atoms with van der Waals surface area (Å²) in [6, 6.07) is 14.6. The SMILES string of the molecule is CCCN(CCC(=O)NC(C)c1ccccc1)C(=O)Nc1ccc(OC)cc1OC. The van der Waals surface area contributed by atoms with Gasteiger partial charge >= 0.3 is 6.03 Å². The third-order valence-electron chi connectivity index (χ3n) is 4.72. The van der Waals surface area contributed by atoms with Crippen LogP contribution >= 0.6 is 0 Å². The molecule has 0 aliphatic carbocycles. The molecule has 7 nitrogen and oxygen atoms in total. The molecule has 0 spiro atoms. The number of rotatable bonds is 10. The molecule has 7 heteroatoms. The molecule has 0 aliphatic rings. The van der Waals surface area contributed by atoms with Crippen LogP contribution in [-0.4, -0.2) is 44.1 Å². The topological polar surface area (TPSA) is 79.9 Å². The number of carbonyl (C=O) groups is 2. The molecule has 2 rings (SSSR count). The van der Waals surface area contributed by atoms with Crippen LogP contribution in [0.5, 0.6) is 11.5 Å². The van der Waals surface area contributed by atoms with E-state index in [-0.39, 0.29) is 24.4 Å². The van der Waals surface area contributed by atoms with E-state index < -0.39 is 0 Å². The molecule has 1 atom stereocenters. The Kier molecular flexibility index (Phi) is 9.00. The maximum atomic E-state index is 12.8. The molecular formula is C23H31N3O4. The van der Waals surface area contributed by atoms with E-state index in [1.54, 1.807) is 30.2 Å². The van der Waals surface area contributed by atoms with Gasteiger partial charge in [0.05, 0.1) is 25.9 Å². The van der Waals surface area contributed by atoms with Gasteiger partial charge in [-0.15, -0.1) is 0 Å². The molecule has 0 saturated carbocycles. The van der Waals surface area contributed by atoms with Gasteiger partial charge in [0.15, 0.2) is 0 Å². The van der Waals surface area contributed by atoms with Crippen LogP contribution in [0.2, 0.25) is 0 Å². The van der Waals surface area contributed by atoms with E-state index in [9.17, 15) is 9.59 Å². The Labute approximate surface area is 178 Å². The minimum atomic E-state index is -0.274. The monoisotopic (exact) mass is 413 g/mol. The number of amides is 3. The van der Waals surface area contributed by atoms with E-state index in [2.05, 4.69) is 10.6 Å². The fourth-order valence-corrected chi connectivity index (χ4v) is 3.06. The van der Waals surface area contributed by atoms with Gasteiger partial charge in [-0.25, -0.2) is 4.79 Å². The highest BCUT2D eigenvalue weighted by molar-refractivity contribution is 5.91. The third kappa shape index (κ3) is 6.69. The van der Waals surface area contributed by atoms with Crippen LogP contribution in [0.1, 0.15) is 38.3 Å². The first-order chi connectivity index (χ1) is 14.5. The van der Waals surface area contributed by atoms with Crippen LogP contribution in [0, 0.1) is 0 Å². The van der Waals surface area contributed by atoms with E-state index in [4.69, 9.17) is 9.47 Å². The number of nitrogens with zero attached hydrogens (tertiary/aromatic N) is 1. The highest BCUT2D eigenvalue weighted by Gasteiger charge is 2.17. The maximum absolute atomic E-state index is 12.8. The lowest BCUT2D eigenvalue weighted by atomic mass is 10.1. The van der Waals surface area contributed by atoms with Crippen LogP contribution in [0.25, 0.3) is 0 Å². The second-order valence-corrected chi connectivity index (χ2v) is 6.93. The molecule has 0 aliphatic heterocycles. The van der Waals surface area contributed by atoms with Crippen molar-refractivity contribution in [2.24, 2.45) is 0 Å². The van der Waals surface area contributed by atoms with Crippen molar-refractivity contribution in [1.29, 1.82) is 0 Å². The third-order valence-corrected chi connectivity index (χ3v) is 4.72. The molecule has 0 radical (unpaired) electrons. The van der Waals surface area contributed by atoms with Gasteiger partial charge in [-0.2, -0.15) is 0 Å². The number of carbonyl (C=O) groups excluding carboxylic acids is 2. The number of hydrogen-bond acceptors (Lipinski definition) is 4. The summed E-state index contributed by atoms with van der Waals surface area (Å²) >= 11 is 0. The first-order valence-electron chi connectivity index (χ1n) is 10.1. The Morgan fingerprint density at radius 2 is 1.77 bits per heavy atom. The molecule has 2 aromatic rings. The lowest BCUT2D eigenvalue weighted by molar-refractivity contribution is -0.121. The second kappa shape index (κ2) is 11.7. The predicted molar refractivity (Wildman–Crippen MR) is 118 cm³/mol. The molecule has 3 amide bonds. The summed E-state index contributed by atoms with van der Waals surface area (Å²) in [4.78, 5) is 26.8. The van der Waals surface area contributed by atoms with E-state index in [0.29, 0.717) is 30.3 Å². The van der Waals surface area contributed by atoms with Crippen LogP contribution in [0.4, 0.5) is 10.5 Å². The zero-order valence-electron chi connectivity index (χ0n) is 18.1. The lowest BCUT2D eigenvalue weighted by Crippen LogP contribution is -2.39. The molecule has 0 aromatic heterocycles. The van der Waals surface area contributed by atoms with Gasteiger partial charge in [0.1, 0.15) is 11.5 Å². The lowest BCUT2D eigenvalue weighted by Gasteiger charge is -2.23. The average Bonchev–Trinajstić information content (AvgIpc) is 2.77. The van der Waals surface area contributed by atoms with E-state index in [0.717, 1.165) is 12.0 Å². The molecule has 0 bridgehead atoms. The predicted octanol–water partition coefficient (Wildman–Crippen LogP) is 4.22. The van der Waals surface area contributed by atoms with Gasteiger partial charge in [0.2, 0.25) is 5.91 Å². The first kappa shape index (κ1) is 23.1. The number of ether oxygens (including phenoxy) is 2. The minimum Gasteiger partial charge on any atom is -0.497 e. The Hall–Kier alpha value is -3.22. The fraction of sp³-hybridized carbons (Fsp3) is 0.391. The van der Waals surface area contributed by atoms with Crippen LogP contribution in [-0.2, 0) is 4.79 Å². The van der Waals surface area contributed by atoms with Crippen molar-refractivity contribution in [2.45, 2.75) is 32.7 Å². The Balaban J connectivity index is 1.94. The molecular weight excluding hydrogens is 382 g/mol. The summed E-state index contributed by atoms with van der Waals surface area (Å²) in [5.41, 5.74) is 1.59. The zero-order chi connectivity index (χ0) is 21.9. The fourth-order valence-electron chi connectivity index (χ4n) is 3.06. The van der Waals surface area contributed by atoms with Gasteiger partial charge in [0, 0.05) is 25.6 Å². The number of anilines is 1. The summed E-state index contributed by atoms with van der Waals surface area (Å²) in [7, 11) is 3.10. The van der Waals surface area contributed by atoms with Gasteiger partial charge < -0.3 is 25.0 Å². The van der Waals surface area contributed by atoms with Crippen LogP contribution < -0.4 is 20.1 Å². The van der Waals surface area contributed by atoms with Crippen molar-refractivity contribution in [1.82, 2.24) is 10.2 Å². The summed E-state index contributed by atoms with van der Waals surface area (Å²) in [6.07, 6.45) is 1.01. The van der Waals surface area contributed by atoms with Crippen molar-refractivity contribution in [3.63, 3.8) is 0 Å². The standard InChI is InChI=1S/C23H31N3O4/c1-5-14-26(15-13-22(27)24-17(2)18-9-7-6-8-10-18)23(28)25-20-12-11-19(29-3)16-21(20)30-4/h6-12,16-17H,5,13-15H2,1-4H3,(H,24,27)(H,25,28). The summed E-state index contributed by atoms with van der Waals surface area (Å²) in [5.74, 6) is 1.05.